The zero-order valence-corrected chi connectivity index (χ0v) is 22.3. The second-order valence-electron chi connectivity index (χ2n) is 9.50. The van der Waals surface area contributed by atoms with Gasteiger partial charge < -0.3 is 9.84 Å². The van der Waals surface area contributed by atoms with Crippen molar-refractivity contribution in [1.82, 2.24) is 9.97 Å². The molecule has 0 atom stereocenters. The molecule has 210 valence electrons. The third kappa shape index (κ3) is 6.54. The summed E-state index contributed by atoms with van der Waals surface area (Å²) in [4.78, 5) is 37.9. The number of unbranched alkanes of at least 4 members (excludes halogenated alkanes) is 1. The second-order valence-corrected chi connectivity index (χ2v) is 9.94. The van der Waals surface area contributed by atoms with Gasteiger partial charge in [0.2, 0.25) is 0 Å². The molecule has 0 bridgehead atoms. The Balaban J connectivity index is 1.47. The minimum Gasteiger partial charge on any atom is -0.492 e. The van der Waals surface area contributed by atoms with E-state index in [1.165, 1.54) is 6.07 Å². The first kappa shape index (κ1) is 28.2. The van der Waals surface area contributed by atoms with Gasteiger partial charge in [0.05, 0.1) is 40.3 Å². The summed E-state index contributed by atoms with van der Waals surface area (Å²) in [5.41, 5.74) is 3.19. The number of nitrogens with zero attached hydrogens (tertiary/aromatic N) is 3. The lowest BCUT2D eigenvalue weighted by Crippen LogP contribution is -2.19. The van der Waals surface area contributed by atoms with Gasteiger partial charge in [-0.3, -0.25) is 9.59 Å². The highest BCUT2D eigenvalue weighted by Crippen LogP contribution is 2.35. The van der Waals surface area contributed by atoms with E-state index in [0.29, 0.717) is 58.0 Å². The maximum absolute atomic E-state index is 13.1. The minimum atomic E-state index is -4.52. The monoisotopic (exact) mass is 581 g/mol. The molecule has 0 unspecified atom stereocenters. The Morgan fingerprint density at radius 3 is 2.49 bits per heavy atom. The van der Waals surface area contributed by atoms with E-state index in [9.17, 15) is 22.8 Å². The number of amides is 1. The number of carboxylic acid groups (broad SMARTS) is 1. The first-order valence-corrected chi connectivity index (χ1v) is 13.2. The number of alkyl halides is 3. The Morgan fingerprint density at radius 2 is 1.76 bits per heavy atom. The Kier molecular flexibility index (Phi) is 8.03. The Hall–Kier alpha value is -4.31. The van der Waals surface area contributed by atoms with Crippen LogP contribution in [-0.2, 0) is 17.4 Å². The highest BCUT2D eigenvalue weighted by Gasteiger charge is 2.32. The number of ether oxygens (including phenoxy) is 1. The normalized spacial score (nSPS) is 14.1. The molecule has 1 N–H and O–H groups in total. The standard InChI is InChI=1S/C30H23ClF3N3O4/c31-20-9-5-17(6-10-20)28-24(3-1-2-4-27(38)39)35-25-15-18(7-12-23(25)36-28)29(40)37-22-13-14-41-26-16-19(30(32,33)34)8-11-21(22)26/h5-12,15-16H,1-4,13-14H2,(H,38,39). The lowest BCUT2D eigenvalue weighted by atomic mass is 10.0. The predicted molar refractivity (Wildman–Crippen MR) is 148 cm³/mol. The number of aromatic nitrogens is 2. The van der Waals surface area contributed by atoms with Crippen molar-refractivity contribution < 1.29 is 32.6 Å². The quantitative estimate of drug-likeness (QED) is 0.232. The highest BCUT2D eigenvalue weighted by molar-refractivity contribution is 6.30. The fourth-order valence-corrected chi connectivity index (χ4v) is 4.68. The number of carbonyl (C=O) groups is 2. The van der Waals surface area contributed by atoms with E-state index in [1.54, 1.807) is 30.3 Å². The molecule has 1 aliphatic heterocycles. The maximum Gasteiger partial charge on any atom is 0.416 e. The summed E-state index contributed by atoms with van der Waals surface area (Å²) in [6.45, 7) is 0.0995. The van der Waals surface area contributed by atoms with Crippen LogP contribution in [0.25, 0.3) is 22.3 Å². The maximum atomic E-state index is 13.1. The number of halogens is 4. The highest BCUT2D eigenvalue weighted by atomic mass is 35.5. The molecule has 1 amide bonds. The first-order valence-electron chi connectivity index (χ1n) is 12.8. The molecule has 0 saturated heterocycles. The summed E-state index contributed by atoms with van der Waals surface area (Å²) in [5.74, 6) is -1.41. The van der Waals surface area contributed by atoms with E-state index in [2.05, 4.69) is 4.99 Å². The molecule has 5 rings (SSSR count). The first-order chi connectivity index (χ1) is 19.6. The molecule has 0 spiro atoms. The van der Waals surface area contributed by atoms with E-state index in [0.717, 1.165) is 17.7 Å². The Bertz CT molecular complexity index is 1670. The zero-order valence-electron chi connectivity index (χ0n) is 21.5. The summed E-state index contributed by atoms with van der Waals surface area (Å²) in [5, 5.41) is 9.55. The summed E-state index contributed by atoms with van der Waals surface area (Å²) in [6, 6.07) is 15.1. The number of carbonyl (C=O) groups excluding carboxylic acids is 1. The van der Waals surface area contributed by atoms with Gasteiger partial charge in [0.15, 0.2) is 0 Å². The van der Waals surface area contributed by atoms with Crippen LogP contribution in [0.15, 0.2) is 65.7 Å². The number of fused-ring (bicyclic) bond motifs is 2. The number of aliphatic imine (C=N–C) groups is 1. The molecule has 0 fully saturated rings. The molecule has 3 aromatic carbocycles. The van der Waals surface area contributed by atoms with Crippen LogP contribution in [0.2, 0.25) is 5.02 Å². The zero-order chi connectivity index (χ0) is 29.1. The molecule has 1 aromatic heterocycles. The summed E-state index contributed by atoms with van der Waals surface area (Å²) < 4.78 is 44.8. The Labute approximate surface area is 237 Å². The van der Waals surface area contributed by atoms with Gasteiger partial charge >= 0.3 is 12.1 Å². The van der Waals surface area contributed by atoms with Gasteiger partial charge in [-0.1, -0.05) is 23.7 Å². The van der Waals surface area contributed by atoms with Crippen LogP contribution in [0, 0.1) is 0 Å². The number of aryl methyl sites for hydroxylation is 1. The minimum absolute atomic E-state index is 0.0317. The fourth-order valence-electron chi connectivity index (χ4n) is 4.56. The number of hydrogen-bond donors (Lipinski definition) is 1. The Morgan fingerprint density at radius 1 is 0.976 bits per heavy atom. The van der Waals surface area contributed by atoms with Crippen LogP contribution in [0.3, 0.4) is 0 Å². The lowest BCUT2D eigenvalue weighted by molar-refractivity contribution is -0.138. The van der Waals surface area contributed by atoms with Crippen LogP contribution in [0.5, 0.6) is 5.75 Å². The average Bonchev–Trinajstić information content (AvgIpc) is 2.94. The van der Waals surface area contributed by atoms with Gasteiger partial charge in [-0.05, 0) is 67.8 Å². The summed E-state index contributed by atoms with van der Waals surface area (Å²) >= 11 is 6.05. The van der Waals surface area contributed by atoms with Crippen molar-refractivity contribution in [3.8, 4) is 17.0 Å². The molecule has 0 saturated carbocycles. The SMILES string of the molecule is O=C(O)CCCCc1nc2cc(C(=O)N=C3CCOc4cc(C(F)(F)F)ccc43)ccc2nc1-c1ccc(Cl)cc1. The van der Waals surface area contributed by atoms with E-state index in [-0.39, 0.29) is 30.8 Å². The second kappa shape index (κ2) is 11.7. The van der Waals surface area contributed by atoms with Crippen LogP contribution < -0.4 is 4.74 Å². The van der Waals surface area contributed by atoms with Crippen molar-refractivity contribution in [3.05, 3.63) is 88.1 Å². The summed E-state index contributed by atoms with van der Waals surface area (Å²) in [7, 11) is 0. The molecular formula is C30H23ClF3N3O4. The van der Waals surface area contributed by atoms with Crippen LogP contribution >= 0.6 is 11.6 Å². The molecular weight excluding hydrogens is 559 g/mol. The number of rotatable bonds is 7. The van der Waals surface area contributed by atoms with Gasteiger partial charge in [-0.2, -0.15) is 13.2 Å². The largest absolute Gasteiger partial charge is 0.492 e. The van der Waals surface area contributed by atoms with Crippen molar-refractivity contribution in [2.24, 2.45) is 4.99 Å². The van der Waals surface area contributed by atoms with Gasteiger partial charge in [-0.15, -0.1) is 0 Å². The van der Waals surface area contributed by atoms with Crippen molar-refractivity contribution >= 4 is 40.2 Å². The molecule has 1 aliphatic rings. The molecule has 11 heteroatoms. The lowest BCUT2D eigenvalue weighted by Gasteiger charge is -2.20. The topological polar surface area (TPSA) is 102 Å². The predicted octanol–water partition coefficient (Wildman–Crippen LogP) is 7.18. The van der Waals surface area contributed by atoms with Crippen molar-refractivity contribution in [2.45, 2.75) is 38.3 Å². The number of carboxylic acids is 1. The average molecular weight is 582 g/mol. The molecule has 4 aromatic rings. The summed E-state index contributed by atoms with van der Waals surface area (Å²) in [6.07, 6.45) is -2.68. The van der Waals surface area contributed by atoms with Crippen molar-refractivity contribution in [1.29, 1.82) is 0 Å². The van der Waals surface area contributed by atoms with E-state index >= 15 is 0 Å². The van der Waals surface area contributed by atoms with Crippen molar-refractivity contribution in [2.75, 3.05) is 6.61 Å². The van der Waals surface area contributed by atoms with Gasteiger partial charge in [0.1, 0.15) is 5.75 Å². The smallest absolute Gasteiger partial charge is 0.416 e. The van der Waals surface area contributed by atoms with E-state index < -0.39 is 23.6 Å². The fraction of sp³-hybridized carbons (Fsp3) is 0.233. The van der Waals surface area contributed by atoms with E-state index in [1.807, 2.05) is 12.1 Å². The third-order valence-electron chi connectivity index (χ3n) is 6.61. The van der Waals surface area contributed by atoms with Crippen LogP contribution in [0.1, 0.15) is 52.9 Å². The number of aliphatic carboxylic acids is 1. The van der Waals surface area contributed by atoms with Gasteiger partial charge in [-0.25, -0.2) is 15.0 Å². The van der Waals surface area contributed by atoms with E-state index in [4.69, 9.17) is 31.4 Å². The molecule has 41 heavy (non-hydrogen) atoms. The van der Waals surface area contributed by atoms with Crippen LogP contribution in [0.4, 0.5) is 13.2 Å². The molecule has 2 heterocycles. The van der Waals surface area contributed by atoms with Crippen molar-refractivity contribution in [3.63, 3.8) is 0 Å². The third-order valence-corrected chi connectivity index (χ3v) is 6.86. The van der Waals surface area contributed by atoms with Gasteiger partial charge in [0, 0.05) is 34.6 Å². The number of hydrogen-bond acceptors (Lipinski definition) is 5. The number of benzene rings is 3. The van der Waals surface area contributed by atoms with Gasteiger partial charge in [0.25, 0.3) is 5.91 Å². The van der Waals surface area contributed by atoms with Crippen LogP contribution in [-0.4, -0.2) is 39.3 Å². The molecule has 7 nitrogen and oxygen atoms in total. The molecule has 0 aliphatic carbocycles. The molecule has 0 radical (unpaired) electrons.